The zero-order valence-corrected chi connectivity index (χ0v) is 10.2. The van der Waals surface area contributed by atoms with Crippen molar-refractivity contribution in [2.75, 3.05) is 6.54 Å². The Kier molecular flexibility index (Phi) is 3.76. The molecule has 0 aromatic carbocycles. The van der Waals surface area contributed by atoms with E-state index in [2.05, 4.69) is 22.8 Å². The molecule has 0 radical (unpaired) electrons. The van der Waals surface area contributed by atoms with Crippen molar-refractivity contribution < 1.29 is 9.59 Å². The highest BCUT2D eigenvalue weighted by atomic mass is 16.2. The van der Waals surface area contributed by atoms with E-state index in [1.165, 1.54) is 19.3 Å². The molecule has 0 saturated heterocycles. The van der Waals surface area contributed by atoms with Crippen LogP contribution in [0.3, 0.4) is 0 Å². The summed E-state index contributed by atoms with van der Waals surface area (Å²) in [5, 5.41) is 6.68. The third-order valence-corrected chi connectivity index (χ3v) is 3.52. The van der Waals surface area contributed by atoms with Crippen LogP contribution in [0.25, 0.3) is 0 Å². The lowest BCUT2D eigenvalue weighted by atomic mass is 10.1. The van der Waals surface area contributed by atoms with Gasteiger partial charge in [-0.15, -0.1) is 0 Å². The summed E-state index contributed by atoms with van der Waals surface area (Å²) >= 11 is 0. The highest BCUT2D eigenvalue weighted by Crippen LogP contribution is 2.29. The molecule has 1 aliphatic heterocycles. The summed E-state index contributed by atoms with van der Waals surface area (Å²) in [6, 6.07) is 0. The SMILES string of the molecule is CC1CCC(CNC(=O)C2=NNC(=O)CC2)C1. The van der Waals surface area contributed by atoms with Crippen molar-refractivity contribution in [3.05, 3.63) is 0 Å². The van der Waals surface area contributed by atoms with Crippen molar-refractivity contribution in [1.82, 2.24) is 10.7 Å². The van der Waals surface area contributed by atoms with E-state index in [0.29, 0.717) is 24.5 Å². The predicted octanol–water partition coefficient (Wildman–Crippen LogP) is 0.805. The van der Waals surface area contributed by atoms with Gasteiger partial charge in [-0.2, -0.15) is 5.10 Å². The quantitative estimate of drug-likeness (QED) is 0.762. The van der Waals surface area contributed by atoms with Crippen LogP contribution in [-0.4, -0.2) is 24.1 Å². The molecule has 5 heteroatoms. The zero-order valence-electron chi connectivity index (χ0n) is 10.2. The highest BCUT2D eigenvalue weighted by Gasteiger charge is 2.23. The lowest BCUT2D eigenvalue weighted by Gasteiger charge is -2.14. The van der Waals surface area contributed by atoms with Crippen LogP contribution in [-0.2, 0) is 9.59 Å². The van der Waals surface area contributed by atoms with Crippen LogP contribution in [0.15, 0.2) is 5.10 Å². The van der Waals surface area contributed by atoms with E-state index in [1.54, 1.807) is 0 Å². The van der Waals surface area contributed by atoms with Crippen molar-refractivity contribution in [3.8, 4) is 0 Å². The van der Waals surface area contributed by atoms with E-state index in [9.17, 15) is 9.59 Å². The van der Waals surface area contributed by atoms with E-state index < -0.39 is 0 Å². The molecular formula is C12H19N3O2. The standard InChI is InChI=1S/C12H19N3O2/c1-8-2-3-9(6-8)7-13-12(17)10-4-5-11(16)15-14-10/h8-9H,2-7H2,1H3,(H,13,17)(H,15,16). The first-order chi connectivity index (χ1) is 8.15. The summed E-state index contributed by atoms with van der Waals surface area (Å²) in [4.78, 5) is 22.6. The van der Waals surface area contributed by atoms with Crippen LogP contribution < -0.4 is 10.7 Å². The third-order valence-electron chi connectivity index (χ3n) is 3.52. The Bertz CT molecular complexity index is 352. The Hall–Kier alpha value is -1.39. The Morgan fingerprint density at radius 2 is 2.29 bits per heavy atom. The first-order valence-electron chi connectivity index (χ1n) is 6.28. The van der Waals surface area contributed by atoms with Gasteiger partial charge in [-0.05, 0) is 24.7 Å². The zero-order chi connectivity index (χ0) is 12.3. The van der Waals surface area contributed by atoms with Crippen LogP contribution in [0, 0.1) is 11.8 Å². The molecule has 17 heavy (non-hydrogen) atoms. The largest absolute Gasteiger partial charge is 0.351 e. The fraction of sp³-hybridized carbons (Fsp3) is 0.750. The number of carbonyl (C=O) groups excluding carboxylic acids is 2. The van der Waals surface area contributed by atoms with Crippen molar-refractivity contribution in [3.63, 3.8) is 0 Å². The summed E-state index contributed by atoms with van der Waals surface area (Å²) < 4.78 is 0. The molecule has 0 aromatic heterocycles. The molecule has 1 heterocycles. The van der Waals surface area contributed by atoms with E-state index >= 15 is 0 Å². The van der Waals surface area contributed by atoms with Gasteiger partial charge >= 0.3 is 0 Å². The Balaban J connectivity index is 1.76. The molecule has 1 saturated carbocycles. The van der Waals surface area contributed by atoms with Crippen molar-refractivity contribution in [2.24, 2.45) is 16.9 Å². The van der Waals surface area contributed by atoms with Crippen LogP contribution in [0.4, 0.5) is 0 Å². The second-order valence-corrected chi connectivity index (χ2v) is 5.09. The molecule has 2 atom stereocenters. The van der Waals surface area contributed by atoms with Gasteiger partial charge in [0, 0.05) is 19.4 Å². The minimum atomic E-state index is -0.135. The third kappa shape index (κ3) is 3.28. The maximum absolute atomic E-state index is 11.7. The predicted molar refractivity (Wildman–Crippen MR) is 64.3 cm³/mol. The van der Waals surface area contributed by atoms with Crippen molar-refractivity contribution in [1.29, 1.82) is 0 Å². The number of hydrogen-bond donors (Lipinski definition) is 2. The van der Waals surface area contributed by atoms with Gasteiger partial charge < -0.3 is 5.32 Å². The second-order valence-electron chi connectivity index (χ2n) is 5.09. The van der Waals surface area contributed by atoms with Crippen LogP contribution >= 0.6 is 0 Å². The van der Waals surface area contributed by atoms with E-state index in [0.717, 1.165) is 12.5 Å². The highest BCUT2D eigenvalue weighted by molar-refractivity contribution is 6.39. The first kappa shape index (κ1) is 12.1. The maximum atomic E-state index is 11.7. The van der Waals surface area contributed by atoms with Crippen molar-refractivity contribution >= 4 is 17.5 Å². The van der Waals surface area contributed by atoms with Gasteiger partial charge in [-0.3, -0.25) is 9.59 Å². The normalized spacial score (nSPS) is 28.5. The molecule has 0 aromatic rings. The lowest BCUT2D eigenvalue weighted by Crippen LogP contribution is -2.38. The summed E-state index contributed by atoms with van der Waals surface area (Å²) in [7, 11) is 0. The summed E-state index contributed by atoms with van der Waals surface area (Å²) in [6.45, 7) is 2.98. The average molecular weight is 237 g/mol. The van der Waals surface area contributed by atoms with Gasteiger partial charge in [-0.1, -0.05) is 13.3 Å². The number of carbonyl (C=O) groups is 2. The van der Waals surface area contributed by atoms with E-state index in [-0.39, 0.29) is 11.8 Å². The van der Waals surface area contributed by atoms with E-state index in [4.69, 9.17) is 0 Å². The molecule has 1 aliphatic carbocycles. The minimum Gasteiger partial charge on any atom is -0.351 e. The van der Waals surface area contributed by atoms with Gasteiger partial charge in [0.25, 0.3) is 5.91 Å². The lowest BCUT2D eigenvalue weighted by molar-refractivity contribution is -0.121. The van der Waals surface area contributed by atoms with Crippen LogP contribution in [0.1, 0.15) is 39.0 Å². The van der Waals surface area contributed by atoms with Gasteiger partial charge in [0.15, 0.2) is 0 Å². The van der Waals surface area contributed by atoms with Crippen LogP contribution in [0.2, 0.25) is 0 Å². The fourth-order valence-electron chi connectivity index (χ4n) is 2.49. The number of rotatable bonds is 3. The van der Waals surface area contributed by atoms with Crippen LogP contribution in [0.5, 0.6) is 0 Å². The first-order valence-corrected chi connectivity index (χ1v) is 6.28. The summed E-state index contributed by atoms with van der Waals surface area (Å²) in [6.07, 6.45) is 4.46. The molecular weight excluding hydrogens is 218 g/mol. The second kappa shape index (κ2) is 5.29. The molecule has 2 amide bonds. The number of amides is 2. The monoisotopic (exact) mass is 237 g/mol. The number of nitrogens with zero attached hydrogens (tertiary/aromatic N) is 1. The molecule has 2 N–H and O–H groups in total. The molecule has 1 fully saturated rings. The summed E-state index contributed by atoms with van der Waals surface area (Å²) in [5.74, 6) is 1.13. The molecule has 2 rings (SSSR count). The molecule has 0 spiro atoms. The van der Waals surface area contributed by atoms with E-state index in [1.807, 2.05) is 0 Å². The topological polar surface area (TPSA) is 70.6 Å². The van der Waals surface area contributed by atoms with Gasteiger partial charge in [0.1, 0.15) is 5.71 Å². The molecule has 2 unspecified atom stereocenters. The Morgan fingerprint density at radius 1 is 1.47 bits per heavy atom. The Morgan fingerprint density at radius 3 is 2.88 bits per heavy atom. The van der Waals surface area contributed by atoms with Gasteiger partial charge in [0.05, 0.1) is 0 Å². The van der Waals surface area contributed by atoms with Crippen molar-refractivity contribution in [2.45, 2.75) is 39.0 Å². The fourth-order valence-corrected chi connectivity index (χ4v) is 2.49. The maximum Gasteiger partial charge on any atom is 0.267 e. The molecule has 0 bridgehead atoms. The summed E-state index contributed by atoms with van der Waals surface area (Å²) in [5.41, 5.74) is 2.78. The smallest absolute Gasteiger partial charge is 0.267 e. The van der Waals surface area contributed by atoms with Gasteiger partial charge in [-0.25, -0.2) is 5.43 Å². The molecule has 5 nitrogen and oxygen atoms in total. The van der Waals surface area contributed by atoms with Gasteiger partial charge in [0.2, 0.25) is 5.91 Å². The number of nitrogens with one attached hydrogen (secondary N) is 2. The number of hydrogen-bond acceptors (Lipinski definition) is 3. The minimum absolute atomic E-state index is 0.119. The molecule has 94 valence electrons. The Labute approximate surface area is 101 Å². The average Bonchev–Trinajstić information content (AvgIpc) is 2.73. The number of hydrazone groups is 1. The molecule has 2 aliphatic rings.